The highest BCUT2D eigenvalue weighted by Crippen LogP contribution is 2.29. The maximum absolute atomic E-state index is 2.81. The molecule has 0 bridgehead atoms. The van der Waals surface area contributed by atoms with E-state index in [1.54, 1.807) is 0 Å². The molecule has 0 heterocycles. The Morgan fingerprint density at radius 1 is 0.417 bits per heavy atom. The van der Waals surface area contributed by atoms with Crippen molar-refractivity contribution in [1.29, 1.82) is 0 Å². The fourth-order valence-corrected chi connectivity index (χ4v) is 3.93. The van der Waals surface area contributed by atoms with Crippen molar-refractivity contribution in [2.75, 3.05) is 0 Å². The topological polar surface area (TPSA) is 0 Å². The zero-order valence-electron chi connectivity index (χ0n) is 17.8. The molecule has 0 aliphatic carbocycles. The molecule has 0 rings (SSSR count). The summed E-state index contributed by atoms with van der Waals surface area (Å²) in [4.78, 5) is 0. The van der Waals surface area contributed by atoms with Crippen LogP contribution in [0.5, 0.6) is 0 Å². The van der Waals surface area contributed by atoms with Crippen molar-refractivity contribution in [3.05, 3.63) is 6.42 Å². The highest BCUT2D eigenvalue weighted by Gasteiger charge is 2.16. The van der Waals surface area contributed by atoms with Gasteiger partial charge in [0.2, 0.25) is 0 Å². The van der Waals surface area contributed by atoms with Gasteiger partial charge in [-0.2, -0.15) is 0 Å². The van der Waals surface area contributed by atoms with E-state index in [2.05, 4.69) is 34.1 Å². The molecular formula is C24H49. The summed E-state index contributed by atoms with van der Waals surface area (Å²) in [6, 6.07) is 0. The van der Waals surface area contributed by atoms with E-state index in [-0.39, 0.29) is 0 Å². The van der Waals surface area contributed by atoms with Gasteiger partial charge in [-0.05, 0) is 18.3 Å². The highest BCUT2D eigenvalue weighted by molar-refractivity contribution is 4.84. The fourth-order valence-electron chi connectivity index (χ4n) is 3.93. The third kappa shape index (κ3) is 15.5. The van der Waals surface area contributed by atoms with Crippen LogP contribution in [-0.4, -0.2) is 0 Å². The van der Waals surface area contributed by atoms with Crippen molar-refractivity contribution in [3.8, 4) is 0 Å². The van der Waals surface area contributed by atoms with Crippen LogP contribution in [0.1, 0.15) is 137 Å². The van der Waals surface area contributed by atoms with Crippen molar-refractivity contribution in [1.82, 2.24) is 0 Å². The van der Waals surface area contributed by atoms with Crippen LogP contribution in [0.3, 0.4) is 0 Å². The molecule has 0 aromatic carbocycles. The molecule has 24 heavy (non-hydrogen) atoms. The van der Waals surface area contributed by atoms with Gasteiger partial charge in [0.25, 0.3) is 0 Å². The van der Waals surface area contributed by atoms with Gasteiger partial charge in [0.1, 0.15) is 0 Å². The standard InChI is InChI=1S/C24H49/c1-5-9-12-13-14-17-21-23(18-8-4)22-24(19-15-10-6-2)20-16-11-7-3/h22-24H,5-21H2,1-4H3. The van der Waals surface area contributed by atoms with Crippen molar-refractivity contribution < 1.29 is 0 Å². The summed E-state index contributed by atoms with van der Waals surface area (Å²) in [5.74, 6) is 1.80. The average molecular weight is 338 g/mol. The normalized spacial score (nSPS) is 12.9. The van der Waals surface area contributed by atoms with Gasteiger partial charge in [0.05, 0.1) is 0 Å². The number of hydrogen-bond acceptors (Lipinski definition) is 0. The molecule has 0 heteroatoms. The Bertz CT molecular complexity index is 210. The molecule has 1 unspecified atom stereocenters. The van der Waals surface area contributed by atoms with Gasteiger partial charge in [0.15, 0.2) is 0 Å². The Balaban J connectivity index is 4.13. The van der Waals surface area contributed by atoms with E-state index in [1.165, 1.54) is 109 Å². The van der Waals surface area contributed by atoms with Crippen LogP contribution in [0, 0.1) is 18.3 Å². The molecule has 145 valence electrons. The summed E-state index contributed by atoms with van der Waals surface area (Å²) in [7, 11) is 0. The predicted octanol–water partition coefficient (Wildman–Crippen LogP) is 9.13. The van der Waals surface area contributed by atoms with Gasteiger partial charge in [-0.3, -0.25) is 0 Å². The Hall–Kier alpha value is 0. The second-order valence-electron chi connectivity index (χ2n) is 8.05. The van der Waals surface area contributed by atoms with E-state index in [4.69, 9.17) is 0 Å². The number of hydrogen-bond donors (Lipinski definition) is 0. The first-order valence-corrected chi connectivity index (χ1v) is 11.6. The summed E-state index contributed by atoms with van der Waals surface area (Å²) < 4.78 is 0. The molecule has 0 spiro atoms. The molecule has 0 aromatic rings. The molecule has 0 N–H and O–H groups in total. The van der Waals surface area contributed by atoms with E-state index in [9.17, 15) is 0 Å². The fraction of sp³-hybridized carbons (Fsp3) is 0.958. The summed E-state index contributed by atoms with van der Waals surface area (Å²) in [5.41, 5.74) is 0. The summed E-state index contributed by atoms with van der Waals surface area (Å²) in [6.07, 6.45) is 27.0. The van der Waals surface area contributed by atoms with Crippen molar-refractivity contribution >= 4 is 0 Å². The van der Waals surface area contributed by atoms with Crippen LogP contribution < -0.4 is 0 Å². The van der Waals surface area contributed by atoms with E-state index < -0.39 is 0 Å². The lowest BCUT2D eigenvalue weighted by Crippen LogP contribution is -2.11. The predicted molar refractivity (Wildman–Crippen MR) is 112 cm³/mol. The lowest BCUT2D eigenvalue weighted by atomic mass is 9.82. The van der Waals surface area contributed by atoms with Crippen LogP contribution in [-0.2, 0) is 0 Å². The Labute approximate surface area is 155 Å². The maximum Gasteiger partial charge on any atom is -0.0324 e. The molecule has 0 aromatic heterocycles. The van der Waals surface area contributed by atoms with Gasteiger partial charge in [0, 0.05) is 0 Å². The lowest BCUT2D eigenvalue weighted by Gasteiger charge is -2.23. The van der Waals surface area contributed by atoms with Gasteiger partial charge in [-0.15, -0.1) is 0 Å². The van der Waals surface area contributed by atoms with Crippen molar-refractivity contribution in [2.45, 2.75) is 137 Å². The molecule has 0 aliphatic rings. The minimum absolute atomic E-state index is 0.898. The first-order chi connectivity index (χ1) is 11.8. The van der Waals surface area contributed by atoms with E-state index in [0.29, 0.717) is 0 Å². The molecule has 0 nitrogen and oxygen atoms in total. The van der Waals surface area contributed by atoms with E-state index in [0.717, 1.165) is 11.8 Å². The molecule has 1 radical (unpaired) electrons. The van der Waals surface area contributed by atoms with Crippen LogP contribution in [0.2, 0.25) is 0 Å². The third-order valence-corrected chi connectivity index (χ3v) is 5.49. The Kier molecular flexibility index (Phi) is 19.3. The zero-order valence-corrected chi connectivity index (χ0v) is 17.8. The molecular weight excluding hydrogens is 288 g/mol. The van der Waals surface area contributed by atoms with E-state index >= 15 is 0 Å². The smallest absolute Gasteiger partial charge is 0.0324 e. The molecule has 0 saturated carbocycles. The van der Waals surface area contributed by atoms with Gasteiger partial charge in [-0.25, -0.2) is 0 Å². The van der Waals surface area contributed by atoms with Crippen LogP contribution in [0.25, 0.3) is 0 Å². The van der Waals surface area contributed by atoms with Crippen molar-refractivity contribution in [3.63, 3.8) is 0 Å². The summed E-state index contributed by atoms with van der Waals surface area (Å²) in [6.45, 7) is 9.33. The second-order valence-corrected chi connectivity index (χ2v) is 8.05. The van der Waals surface area contributed by atoms with Gasteiger partial charge >= 0.3 is 0 Å². The highest BCUT2D eigenvalue weighted by atomic mass is 14.2. The monoisotopic (exact) mass is 337 g/mol. The van der Waals surface area contributed by atoms with Gasteiger partial charge in [-0.1, -0.05) is 137 Å². The quantitative estimate of drug-likeness (QED) is 0.206. The first-order valence-electron chi connectivity index (χ1n) is 11.6. The summed E-state index contributed by atoms with van der Waals surface area (Å²) in [5, 5.41) is 0. The minimum Gasteiger partial charge on any atom is -0.0654 e. The third-order valence-electron chi connectivity index (χ3n) is 5.49. The largest absolute Gasteiger partial charge is 0.0654 e. The molecule has 0 saturated heterocycles. The molecule has 0 amide bonds. The lowest BCUT2D eigenvalue weighted by molar-refractivity contribution is 0.374. The van der Waals surface area contributed by atoms with Gasteiger partial charge < -0.3 is 0 Å². The Morgan fingerprint density at radius 2 is 0.792 bits per heavy atom. The Morgan fingerprint density at radius 3 is 1.29 bits per heavy atom. The first kappa shape index (κ1) is 24.0. The number of unbranched alkanes of at least 4 members (excludes halogenated alkanes) is 9. The SMILES string of the molecule is CCCCCCCCC([CH]C(CCCCC)CCCCC)CCC. The van der Waals surface area contributed by atoms with Crippen molar-refractivity contribution in [2.24, 2.45) is 11.8 Å². The van der Waals surface area contributed by atoms with Crippen LogP contribution >= 0.6 is 0 Å². The minimum atomic E-state index is 0.898. The maximum atomic E-state index is 2.81. The summed E-state index contributed by atoms with van der Waals surface area (Å²) >= 11 is 0. The molecule has 0 aliphatic heterocycles. The van der Waals surface area contributed by atoms with Crippen LogP contribution in [0.4, 0.5) is 0 Å². The molecule has 0 fully saturated rings. The second kappa shape index (κ2) is 19.3. The zero-order chi connectivity index (χ0) is 17.9. The molecule has 1 atom stereocenters. The van der Waals surface area contributed by atoms with Crippen LogP contribution in [0.15, 0.2) is 0 Å². The number of rotatable bonds is 19. The van der Waals surface area contributed by atoms with E-state index in [1.807, 2.05) is 0 Å². The average Bonchev–Trinajstić information content (AvgIpc) is 2.58.